The molecule has 5 N–H and O–H groups in total. The molecule has 9 nitrogen and oxygen atoms in total. The first-order valence-corrected chi connectivity index (χ1v) is 14.8. The largest absolute Gasteiger partial charge is 0.361 e. The first kappa shape index (κ1) is 32.2. The van der Waals surface area contributed by atoms with E-state index in [9.17, 15) is 19.6 Å². The molecule has 0 saturated heterocycles. The number of rotatable bonds is 15. The van der Waals surface area contributed by atoms with Crippen LogP contribution in [0.5, 0.6) is 0 Å². The number of hydrogen-bond acceptors (Lipinski definition) is 5. The fourth-order valence-corrected chi connectivity index (χ4v) is 5.26. The Labute approximate surface area is 257 Å². The van der Waals surface area contributed by atoms with E-state index < -0.39 is 35.6 Å². The van der Waals surface area contributed by atoms with Crippen molar-refractivity contribution >= 4 is 34.7 Å². The van der Waals surface area contributed by atoms with E-state index in [0.29, 0.717) is 6.42 Å². The summed E-state index contributed by atoms with van der Waals surface area (Å²) in [5.74, 6) is -3.25. The lowest BCUT2D eigenvalue weighted by atomic mass is 9.81. The molecule has 1 heterocycles. The third kappa shape index (κ3) is 9.13. The quantitative estimate of drug-likeness (QED) is 0.0935. The minimum absolute atomic E-state index is 0.0629. The summed E-state index contributed by atoms with van der Waals surface area (Å²) in [7, 11) is 0. The molecule has 4 aromatic rings. The molecule has 3 aromatic carbocycles. The predicted molar refractivity (Wildman–Crippen MR) is 170 cm³/mol. The fourth-order valence-electron chi connectivity index (χ4n) is 5.26. The molecule has 4 rings (SSSR count). The number of amides is 3. The number of benzene rings is 3. The van der Waals surface area contributed by atoms with Crippen LogP contribution in [0.15, 0.2) is 97.2 Å². The minimum Gasteiger partial charge on any atom is -0.361 e. The molecule has 0 aliphatic rings. The van der Waals surface area contributed by atoms with Crippen LogP contribution in [-0.4, -0.2) is 34.0 Å². The molecule has 9 heteroatoms. The van der Waals surface area contributed by atoms with Crippen molar-refractivity contribution in [1.82, 2.24) is 21.3 Å². The topological polar surface area (TPSA) is 133 Å². The Morgan fingerprint density at radius 2 is 1.55 bits per heavy atom. The van der Waals surface area contributed by atoms with Gasteiger partial charge in [0.1, 0.15) is 6.04 Å². The van der Waals surface area contributed by atoms with E-state index in [2.05, 4.69) is 15.8 Å². The highest BCUT2D eigenvalue weighted by Crippen LogP contribution is 2.26. The number of H-pyrrole nitrogens is 1. The summed E-state index contributed by atoms with van der Waals surface area (Å²) in [5.41, 5.74) is 7.83. The standard InChI is InChI=1S/C35H40N4O5/c1-24(2)20-30(29(34(41)38-43)18-11-16-25-12-5-3-6-13-25)33(40)37-32(21-27-22-36-31-19-10-9-17-28(27)31)35(42)39-44-23-26-14-7-4-8-15-26/h3-17,19,22,24,29-30,32,36,43H,18,20-21,23H2,1-2H3,(H,37,40)(H,38,41)(H,39,42)/b16-11+/t29-,30+,32-/m0/s1. The molecule has 44 heavy (non-hydrogen) atoms. The zero-order valence-corrected chi connectivity index (χ0v) is 25.0. The second-order valence-corrected chi connectivity index (χ2v) is 11.2. The van der Waals surface area contributed by atoms with Gasteiger partial charge in [0.15, 0.2) is 0 Å². The fraction of sp³-hybridized carbons (Fsp3) is 0.286. The van der Waals surface area contributed by atoms with Gasteiger partial charge in [-0.1, -0.05) is 105 Å². The normalized spacial score (nSPS) is 13.5. The van der Waals surface area contributed by atoms with Crippen molar-refractivity contribution in [3.63, 3.8) is 0 Å². The van der Waals surface area contributed by atoms with Crippen molar-refractivity contribution < 1.29 is 24.4 Å². The molecule has 0 fully saturated rings. The maximum absolute atomic E-state index is 14.0. The van der Waals surface area contributed by atoms with Crippen molar-refractivity contribution in [1.29, 1.82) is 0 Å². The Bertz CT molecular complexity index is 1530. The zero-order chi connectivity index (χ0) is 31.3. The molecular weight excluding hydrogens is 556 g/mol. The lowest BCUT2D eigenvalue weighted by Gasteiger charge is -2.28. The van der Waals surface area contributed by atoms with Crippen LogP contribution in [0.1, 0.15) is 43.4 Å². The average Bonchev–Trinajstić information content (AvgIpc) is 3.45. The Morgan fingerprint density at radius 1 is 0.864 bits per heavy atom. The molecule has 230 valence electrons. The van der Waals surface area contributed by atoms with Crippen molar-refractivity contribution in [2.45, 2.75) is 45.8 Å². The van der Waals surface area contributed by atoms with Crippen LogP contribution in [0.3, 0.4) is 0 Å². The van der Waals surface area contributed by atoms with Crippen LogP contribution in [-0.2, 0) is 32.2 Å². The van der Waals surface area contributed by atoms with Gasteiger partial charge in [-0.15, -0.1) is 0 Å². The molecule has 1 aromatic heterocycles. The Hall–Kier alpha value is -4.73. The van der Waals surface area contributed by atoms with Crippen LogP contribution in [0, 0.1) is 17.8 Å². The number of hydroxylamine groups is 2. The number of para-hydroxylation sites is 1. The molecular formula is C35H40N4O5. The second-order valence-electron chi connectivity index (χ2n) is 11.2. The zero-order valence-electron chi connectivity index (χ0n) is 25.0. The van der Waals surface area contributed by atoms with Crippen molar-refractivity contribution in [3.8, 4) is 0 Å². The van der Waals surface area contributed by atoms with E-state index in [1.165, 1.54) is 0 Å². The molecule has 3 amide bonds. The van der Waals surface area contributed by atoms with Crippen LogP contribution in [0.4, 0.5) is 0 Å². The predicted octanol–water partition coefficient (Wildman–Crippen LogP) is 5.33. The van der Waals surface area contributed by atoms with Crippen LogP contribution in [0.2, 0.25) is 0 Å². The highest BCUT2D eigenvalue weighted by molar-refractivity contribution is 5.92. The van der Waals surface area contributed by atoms with E-state index in [-0.39, 0.29) is 25.4 Å². The number of nitrogens with one attached hydrogen (secondary N) is 4. The Morgan fingerprint density at radius 3 is 2.25 bits per heavy atom. The van der Waals surface area contributed by atoms with Crippen LogP contribution >= 0.6 is 0 Å². The SMILES string of the molecule is CC(C)C[C@@H](C(=O)N[C@@H](Cc1c[nH]c2ccccc12)C(=O)NOCc1ccccc1)[C@H](C/C=C/c1ccccc1)C(=O)NO. The lowest BCUT2D eigenvalue weighted by molar-refractivity contribution is -0.143. The summed E-state index contributed by atoms with van der Waals surface area (Å²) in [6.07, 6.45) is 6.29. The van der Waals surface area contributed by atoms with E-state index in [0.717, 1.165) is 27.6 Å². The highest BCUT2D eigenvalue weighted by atomic mass is 16.6. The second kappa shape index (κ2) is 16.2. The van der Waals surface area contributed by atoms with Gasteiger partial charge in [0.2, 0.25) is 11.8 Å². The van der Waals surface area contributed by atoms with Gasteiger partial charge >= 0.3 is 0 Å². The first-order chi connectivity index (χ1) is 21.4. The average molecular weight is 597 g/mol. The molecule has 0 saturated carbocycles. The maximum Gasteiger partial charge on any atom is 0.266 e. The van der Waals surface area contributed by atoms with E-state index >= 15 is 0 Å². The van der Waals surface area contributed by atoms with Crippen molar-refractivity contribution in [2.24, 2.45) is 17.8 Å². The molecule has 0 spiro atoms. The molecule has 0 aliphatic heterocycles. The number of aromatic nitrogens is 1. The summed E-state index contributed by atoms with van der Waals surface area (Å²) in [6, 6.07) is 25.7. The minimum atomic E-state index is -0.996. The van der Waals surface area contributed by atoms with E-state index in [1.54, 1.807) is 5.48 Å². The first-order valence-electron chi connectivity index (χ1n) is 14.8. The van der Waals surface area contributed by atoms with E-state index in [4.69, 9.17) is 4.84 Å². The van der Waals surface area contributed by atoms with E-state index in [1.807, 2.05) is 117 Å². The van der Waals surface area contributed by atoms with Gasteiger partial charge in [0.25, 0.3) is 5.91 Å². The number of hydrogen-bond donors (Lipinski definition) is 5. The summed E-state index contributed by atoms with van der Waals surface area (Å²) < 4.78 is 0. The van der Waals surface area contributed by atoms with Crippen LogP contribution in [0.25, 0.3) is 17.0 Å². The molecule has 0 radical (unpaired) electrons. The third-order valence-corrected chi connectivity index (χ3v) is 7.48. The highest BCUT2D eigenvalue weighted by Gasteiger charge is 2.35. The molecule has 0 aliphatic carbocycles. The number of carbonyl (C=O) groups is 3. The van der Waals surface area contributed by atoms with Gasteiger partial charge in [-0.25, -0.2) is 11.0 Å². The van der Waals surface area contributed by atoms with Gasteiger partial charge < -0.3 is 10.3 Å². The smallest absolute Gasteiger partial charge is 0.266 e. The van der Waals surface area contributed by atoms with Crippen molar-refractivity contribution in [3.05, 3.63) is 114 Å². The number of allylic oxidation sites excluding steroid dienone is 1. The maximum atomic E-state index is 14.0. The van der Waals surface area contributed by atoms with Gasteiger partial charge in [-0.05, 0) is 41.5 Å². The number of aromatic amines is 1. The summed E-state index contributed by atoms with van der Waals surface area (Å²) >= 11 is 0. The number of fused-ring (bicyclic) bond motifs is 1. The Balaban J connectivity index is 1.55. The van der Waals surface area contributed by atoms with Crippen LogP contribution < -0.4 is 16.3 Å². The summed E-state index contributed by atoms with van der Waals surface area (Å²) in [5, 5.41) is 13.4. The molecule has 0 unspecified atom stereocenters. The van der Waals surface area contributed by atoms with Gasteiger partial charge in [0.05, 0.1) is 18.4 Å². The van der Waals surface area contributed by atoms with Gasteiger partial charge in [-0.3, -0.25) is 24.4 Å². The summed E-state index contributed by atoms with van der Waals surface area (Å²) in [4.78, 5) is 49.0. The summed E-state index contributed by atoms with van der Waals surface area (Å²) in [6.45, 7) is 4.08. The van der Waals surface area contributed by atoms with Crippen molar-refractivity contribution in [2.75, 3.05) is 0 Å². The molecule has 0 bridgehead atoms. The molecule has 3 atom stereocenters. The lowest BCUT2D eigenvalue weighted by Crippen LogP contribution is -2.51. The van der Waals surface area contributed by atoms with Gasteiger partial charge in [-0.2, -0.15) is 0 Å². The number of carbonyl (C=O) groups excluding carboxylic acids is 3. The Kier molecular flexibility index (Phi) is 11.9. The monoisotopic (exact) mass is 596 g/mol. The third-order valence-electron chi connectivity index (χ3n) is 7.48. The van der Waals surface area contributed by atoms with Gasteiger partial charge in [0, 0.05) is 23.5 Å².